The van der Waals surface area contributed by atoms with Crippen molar-refractivity contribution < 1.29 is 4.79 Å². The molecule has 1 atom stereocenters. The van der Waals surface area contributed by atoms with Gasteiger partial charge in [0.2, 0.25) is 0 Å². The summed E-state index contributed by atoms with van der Waals surface area (Å²) in [6.45, 7) is 2.63. The lowest BCUT2D eigenvalue weighted by atomic mass is 10.2. The highest BCUT2D eigenvalue weighted by Crippen LogP contribution is 2.26. The minimum absolute atomic E-state index is 0.0536. The van der Waals surface area contributed by atoms with Gasteiger partial charge in [0.05, 0.1) is 18.3 Å². The lowest BCUT2D eigenvalue weighted by Crippen LogP contribution is -2.41. The zero-order valence-electron chi connectivity index (χ0n) is 19.5. The van der Waals surface area contributed by atoms with Crippen molar-refractivity contribution >= 4 is 23.4 Å². The van der Waals surface area contributed by atoms with Crippen molar-refractivity contribution in [3.63, 3.8) is 0 Å². The van der Waals surface area contributed by atoms with Gasteiger partial charge in [0.1, 0.15) is 11.4 Å². The minimum atomic E-state index is -0.703. The molecule has 0 aliphatic rings. The smallest absolute Gasteiger partial charge is 0.332 e. The van der Waals surface area contributed by atoms with Gasteiger partial charge in [-0.15, -0.1) is 10.2 Å². The standard InChI is InChI=1S/C22H29N7O3S/c1-6-15(26(2)3)19-24-25-21(29(19)12-14-10-8-7-9-11-14)33-13-16(30)17-18(23)27(4)22(32)28(5)20(17)31/h7-11,15H,6,12-13,23H2,1-5H3/t15-/m1/s1. The number of benzene rings is 1. The summed E-state index contributed by atoms with van der Waals surface area (Å²) < 4.78 is 3.98. The molecular weight excluding hydrogens is 442 g/mol. The van der Waals surface area contributed by atoms with Crippen LogP contribution >= 0.6 is 11.8 Å². The number of rotatable bonds is 9. The van der Waals surface area contributed by atoms with Crippen molar-refractivity contribution in [1.82, 2.24) is 28.8 Å². The molecule has 0 aliphatic heterocycles. The summed E-state index contributed by atoms with van der Waals surface area (Å²) in [6.07, 6.45) is 0.841. The molecule has 0 bridgehead atoms. The number of carbonyl (C=O) groups is 1. The highest BCUT2D eigenvalue weighted by molar-refractivity contribution is 7.99. The van der Waals surface area contributed by atoms with Gasteiger partial charge >= 0.3 is 5.69 Å². The first kappa shape index (κ1) is 24.5. The molecule has 33 heavy (non-hydrogen) atoms. The maximum atomic E-state index is 13.0. The maximum absolute atomic E-state index is 13.0. The number of hydrogen-bond donors (Lipinski definition) is 1. The van der Waals surface area contributed by atoms with Crippen LogP contribution in [0.15, 0.2) is 45.1 Å². The number of hydrogen-bond acceptors (Lipinski definition) is 8. The van der Waals surface area contributed by atoms with E-state index >= 15 is 0 Å². The van der Waals surface area contributed by atoms with E-state index in [9.17, 15) is 14.4 Å². The molecular formula is C22H29N7O3S. The fourth-order valence-electron chi connectivity index (χ4n) is 3.67. The number of nitrogens with zero attached hydrogens (tertiary/aromatic N) is 6. The number of aromatic nitrogens is 5. The normalized spacial score (nSPS) is 12.3. The number of Topliss-reactive ketones (excluding diaryl/α,β-unsaturated/α-hetero) is 1. The molecule has 0 spiro atoms. The second-order valence-corrected chi connectivity index (χ2v) is 8.92. The van der Waals surface area contributed by atoms with Crippen molar-refractivity contribution in [2.45, 2.75) is 31.1 Å². The zero-order valence-corrected chi connectivity index (χ0v) is 20.3. The Hall–Kier alpha value is -3.18. The third-order valence-corrected chi connectivity index (χ3v) is 6.52. The average Bonchev–Trinajstić information content (AvgIpc) is 3.18. The summed E-state index contributed by atoms with van der Waals surface area (Å²) in [5, 5.41) is 9.36. The van der Waals surface area contributed by atoms with Crippen LogP contribution in [-0.4, -0.2) is 54.4 Å². The van der Waals surface area contributed by atoms with Crippen molar-refractivity contribution in [2.24, 2.45) is 14.1 Å². The van der Waals surface area contributed by atoms with Crippen molar-refractivity contribution in [3.8, 4) is 0 Å². The summed E-state index contributed by atoms with van der Waals surface area (Å²) in [5.41, 5.74) is 5.54. The number of nitrogens with two attached hydrogens (primary N) is 1. The predicted octanol–water partition coefficient (Wildman–Crippen LogP) is 1.29. The van der Waals surface area contributed by atoms with E-state index in [0.29, 0.717) is 11.7 Å². The fraction of sp³-hybridized carbons (Fsp3) is 0.409. The molecule has 0 fully saturated rings. The van der Waals surface area contributed by atoms with Gasteiger partial charge in [-0.2, -0.15) is 0 Å². The lowest BCUT2D eigenvalue weighted by Gasteiger charge is -2.23. The van der Waals surface area contributed by atoms with E-state index in [1.165, 1.54) is 25.9 Å². The summed E-state index contributed by atoms with van der Waals surface area (Å²) >= 11 is 1.19. The number of thioether (sulfide) groups is 1. The number of anilines is 1. The Morgan fingerprint density at radius 2 is 1.79 bits per heavy atom. The van der Waals surface area contributed by atoms with Gasteiger partial charge in [0.15, 0.2) is 16.8 Å². The Labute approximate surface area is 196 Å². The first-order chi connectivity index (χ1) is 15.7. The third kappa shape index (κ3) is 4.93. The van der Waals surface area contributed by atoms with Crippen LogP contribution in [0.3, 0.4) is 0 Å². The molecule has 176 valence electrons. The Morgan fingerprint density at radius 3 is 2.39 bits per heavy atom. The summed E-state index contributed by atoms with van der Waals surface area (Å²) in [5.74, 6) is 0.130. The van der Waals surface area contributed by atoms with Gasteiger partial charge in [-0.05, 0) is 26.1 Å². The summed E-state index contributed by atoms with van der Waals surface area (Å²) in [6, 6.07) is 9.99. The summed E-state index contributed by atoms with van der Waals surface area (Å²) in [4.78, 5) is 39.6. The van der Waals surface area contributed by atoms with Crippen LogP contribution in [0, 0.1) is 0 Å². The van der Waals surface area contributed by atoms with Crippen LogP contribution < -0.4 is 17.0 Å². The zero-order chi connectivity index (χ0) is 24.3. The monoisotopic (exact) mass is 471 g/mol. The molecule has 3 rings (SSSR count). The largest absolute Gasteiger partial charge is 0.384 e. The van der Waals surface area contributed by atoms with Gasteiger partial charge in [0, 0.05) is 14.1 Å². The molecule has 0 amide bonds. The first-order valence-electron chi connectivity index (χ1n) is 10.5. The molecule has 0 aliphatic carbocycles. The molecule has 2 N–H and O–H groups in total. The third-order valence-electron chi connectivity index (χ3n) is 5.56. The van der Waals surface area contributed by atoms with Crippen LogP contribution in [0.2, 0.25) is 0 Å². The van der Waals surface area contributed by atoms with Crippen molar-refractivity contribution in [1.29, 1.82) is 0 Å². The van der Waals surface area contributed by atoms with Crippen molar-refractivity contribution in [3.05, 3.63) is 68.1 Å². The molecule has 2 heterocycles. The summed E-state index contributed by atoms with van der Waals surface area (Å²) in [7, 11) is 6.73. The average molecular weight is 472 g/mol. The molecule has 0 saturated carbocycles. The van der Waals surface area contributed by atoms with Crippen molar-refractivity contribution in [2.75, 3.05) is 25.6 Å². The van der Waals surface area contributed by atoms with E-state index in [0.717, 1.165) is 26.9 Å². The van der Waals surface area contributed by atoms with E-state index in [1.54, 1.807) is 0 Å². The Morgan fingerprint density at radius 1 is 1.12 bits per heavy atom. The predicted molar refractivity (Wildman–Crippen MR) is 129 cm³/mol. The van der Waals surface area contributed by atoms with Crippen LogP contribution in [0.25, 0.3) is 0 Å². The SMILES string of the molecule is CC[C@H](c1nnc(SCC(=O)c2c(N)n(C)c(=O)n(C)c2=O)n1Cc1ccccc1)N(C)C. The molecule has 0 unspecified atom stereocenters. The molecule has 0 radical (unpaired) electrons. The molecule has 3 aromatic rings. The van der Waals surface area contributed by atoms with Gasteiger partial charge in [-0.3, -0.25) is 23.6 Å². The van der Waals surface area contributed by atoms with Gasteiger partial charge in [0.25, 0.3) is 5.56 Å². The molecule has 1 aromatic carbocycles. The number of ketones is 1. The second-order valence-electron chi connectivity index (χ2n) is 7.98. The first-order valence-corrected chi connectivity index (χ1v) is 11.5. The Kier molecular flexibility index (Phi) is 7.54. The fourth-order valence-corrected chi connectivity index (χ4v) is 4.49. The maximum Gasteiger partial charge on any atom is 0.332 e. The molecule has 2 aromatic heterocycles. The lowest BCUT2D eigenvalue weighted by molar-refractivity contribution is 0.102. The van der Waals surface area contributed by atoms with Gasteiger partial charge in [-0.25, -0.2) is 4.79 Å². The van der Waals surface area contributed by atoms with Crippen LogP contribution in [0.1, 0.15) is 41.1 Å². The van der Waals surface area contributed by atoms with E-state index in [4.69, 9.17) is 5.73 Å². The topological polar surface area (TPSA) is 121 Å². The number of carbonyl (C=O) groups excluding carboxylic acids is 1. The van der Waals surface area contributed by atoms with E-state index in [1.807, 2.05) is 49.0 Å². The molecule has 11 heteroatoms. The van der Waals surface area contributed by atoms with E-state index < -0.39 is 17.0 Å². The highest BCUT2D eigenvalue weighted by atomic mass is 32.2. The van der Waals surface area contributed by atoms with E-state index in [-0.39, 0.29) is 23.2 Å². The quantitative estimate of drug-likeness (QED) is 0.366. The Bertz CT molecular complexity index is 1260. The van der Waals surface area contributed by atoms with E-state index in [2.05, 4.69) is 22.0 Å². The van der Waals surface area contributed by atoms with Crippen LogP contribution in [-0.2, 0) is 20.6 Å². The van der Waals surface area contributed by atoms with Gasteiger partial charge in [-0.1, -0.05) is 49.0 Å². The van der Waals surface area contributed by atoms with Gasteiger partial charge < -0.3 is 10.3 Å². The van der Waals surface area contributed by atoms with Crippen LogP contribution in [0.4, 0.5) is 5.82 Å². The number of nitrogen functional groups attached to an aromatic ring is 1. The highest BCUT2D eigenvalue weighted by Gasteiger charge is 2.24. The second kappa shape index (κ2) is 10.2. The minimum Gasteiger partial charge on any atom is -0.384 e. The Balaban J connectivity index is 1.94. The molecule has 0 saturated heterocycles. The molecule has 10 nitrogen and oxygen atoms in total. The van der Waals surface area contributed by atoms with Crippen LogP contribution in [0.5, 0.6) is 0 Å².